The van der Waals surface area contributed by atoms with Gasteiger partial charge in [-0.25, -0.2) is 0 Å². The van der Waals surface area contributed by atoms with Crippen LogP contribution in [0.2, 0.25) is 0 Å². The Kier molecular flexibility index (Phi) is 8.41. The minimum absolute atomic E-state index is 0.0346. The molecule has 0 amide bonds. The Morgan fingerprint density at radius 3 is 1.94 bits per heavy atom. The first-order valence-electron chi connectivity index (χ1n) is 22.9. The van der Waals surface area contributed by atoms with E-state index in [0.717, 1.165) is 0 Å². The van der Waals surface area contributed by atoms with Crippen molar-refractivity contribution in [2.45, 2.75) is 59.3 Å². The Hall–Kier alpha value is -7.10. The summed E-state index contributed by atoms with van der Waals surface area (Å²) in [7, 11) is 0. The van der Waals surface area contributed by atoms with Crippen molar-refractivity contribution in [3.8, 4) is 44.5 Å². The summed E-state index contributed by atoms with van der Waals surface area (Å²) in [5.41, 5.74) is 25.4. The smallest absolute Gasteiger partial charge is 0.333 e. The summed E-state index contributed by atoms with van der Waals surface area (Å²) < 4.78 is 0. The molecule has 0 N–H and O–H groups in total. The van der Waals surface area contributed by atoms with Crippen LogP contribution in [0.1, 0.15) is 62.4 Å². The number of benzene rings is 9. The van der Waals surface area contributed by atoms with E-state index in [9.17, 15) is 0 Å². The summed E-state index contributed by atoms with van der Waals surface area (Å²) in [6, 6.07) is 69.1. The second kappa shape index (κ2) is 14.0. The van der Waals surface area contributed by atoms with E-state index >= 15 is 0 Å². The molecule has 2 heterocycles. The van der Waals surface area contributed by atoms with Gasteiger partial charge < -0.3 is 9.71 Å². The van der Waals surface area contributed by atoms with E-state index in [1.165, 1.54) is 122 Å². The van der Waals surface area contributed by atoms with E-state index in [1.54, 1.807) is 0 Å². The molecule has 0 radical (unpaired) electrons. The van der Waals surface area contributed by atoms with Crippen LogP contribution >= 0.6 is 0 Å². The maximum absolute atomic E-state index is 2.67. The molecule has 64 heavy (non-hydrogen) atoms. The standard InChI is InChI=1S/C61H51BN2/c1-38-17-11-13-21-46(38)43-34-50-58-47-22-14-12-20-41(47)25-32-55(58)64(45-29-27-44(28-30-45)60(3,4)5)62-53-36-49-48-23-15-16-24-51(48)61(6,7)52(49)37-56(53)63(57(35-43)59(50)62)54-31-26-42(33-39(54)2)40-18-9-8-10-19-40/h8-37H,1-7H3. The highest BCUT2D eigenvalue weighted by atomic mass is 15.2. The highest BCUT2D eigenvalue weighted by Crippen LogP contribution is 2.54. The van der Waals surface area contributed by atoms with Gasteiger partial charge in [0.25, 0.3) is 0 Å². The lowest BCUT2D eigenvalue weighted by Gasteiger charge is -2.47. The summed E-state index contributed by atoms with van der Waals surface area (Å²) in [5, 5.41) is 2.51. The van der Waals surface area contributed by atoms with Crippen LogP contribution in [0.3, 0.4) is 0 Å². The molecule has 0 unspecified atom stereocenters. The predicted octanol–water partition coefficient (Wildman–Crippen LogP) is 15.1. The molecule has 0 spiro atoms. The second-order valence-corrected chi connectivity index (χ2v) is 19.9. The lowest BCUT2D eigenvalue weighted by molar-refractivity contribution is 0.590. The molecule has 2 nitrogen and oxygen atoms in total. The molecule has 9 aromatic carbocycles. The minimum Gasteiger partial charge on any atom is -0.376 e. The minimum atomic E-state index is -0.173. The zero-order valence-corrected chi connectivity index (χ0v) is 37.8. The van der Waals surface area contributed by atoms with Crippen molar-refractivity contribution in [3.63, 3.8) is 0 Å². The van der Waals surface area contributed by atoms with Crippen LogP contribution in [-0.2, 0) is 10.8 Å². The van der Waals surface area contributed by atoms with E-state index in [2.05, 4.69) is 240 Å². The van der Waals surface area contributed by atoms with Crippen molar-refractivity contribution in [1.82, 2.24) is 0 Å². The third-order valence-electron chi connectivity index (χ3n) is 14.6. The van der Waals surface area contributed by atoms with Gasteiger partial charge in [-0.05, 0) is 156 Å². The van der Waals surface area contributed by atoms with Crippen LogP contribution in [0.5, 0.6) is 0 Å². The fourth-order valence-corrected chi connectivity index (χ4v) is 11.4. The fourth-order valence-electron chi connectivity index (χ4n) is 11.4. The van der Waals surface area contributed by atoms with Gasteiger partial charge in [-0.2, -0.15) is 0 Å². The molecule has 0 saturated heterocycles. The van der Waals surface area contributed by atoms with Gasteiger partial charge in [0.05, 0.1) is 0 Å². The van der Waals surface area contributed by atoms with Crippen LogP contribution in [0.15, 0.2) is 182 Å². The average Bonchev–Trinajstić information content (AvgIpc) is 3.53. The van der Waals surface area contributed by atoms with Gasteiger partial charge in [0.1, 0.15) is 0 Å². The molecule has 3 heteroatoms. The summed E-state index contributed by atoms with van der Waals surface area (Å²) in [6.45, 7) is 16.2. The first kappa shape index (κ1) is 38.6. The maximum atomic E-state index is 2.67. The van der Waals surface area contributed by atoms with Gasteiger partial charge in [0.15, 0.2) is 0 Å². The summed E-state index contributed by atoms with van der Waals surface area (Å²) in [6.07, 6.45) is 0. The maximum Gasteiger partial charge on any atom is 0.333 e. The second-order valence-electron chi connectivity index (χ2n) is 19.9. The van der Waals surface area contributed by atoms with Gasteiger partial charge in [0.2, 0.25) is 0 Å². The average molecular weight is 823 g/mol. The molecule has 0 fully saturated rings. The van der Waals surface area contributed by atoms with Crippen molar-refractivity contribution in [3.05, 3.63) is 210 Å². The molecular formula is C61H51BN2. The van der Waals surface area contributed by atoms with Crippen molar-refractivity contribution in [2.24, 2.45) is 0 Å². The van der Waals surface area contributed by atoms with Crippen LogP contribution in [0, 0.1) is 13.8 Å². The zero-order chi connectivity index (χ0) is 43.6. The fraction of sp³-hybridized carbons (Fsp3) is 0.148. The predicted molar refractivity (Wildman–Crippen MR) is 274 cm³/mol. The highest BCUT2D eigenvalue weighted by molar-refractivity contribution is 6.93. The molecule has 12 rings (SSSR count). The molecule has 0 atom stereocenters. The van der Waals surface area contributed by atoms with Gasteiger partial charge in [-0.15, -0.1) is 0 Å². The van der Waals surface area contributed by atoms with Crippen molar-refractivity contribution >= 4 is 57.0 Å². The number of aryl methyl sites for hydroxylation is 2. The van der Waals surface area contributed by atoms with E-state index in [4.69, 9.17) is 0 Å². The lowest BCUT2D eigenvalue weighted by Crippen LogP contribution is -2.61. The summed E-state index contributed by atoms with van der Waals surface area (Å²) in [4.78, 5) is 5.31. The topological polar surface area (TPSA) is 6.48 Å². The molecule has 0 aromatic heterocycles. The molecule has 308 valence electrons. The van der Waals surface area contributed by atoms with Gasteiger partial charge in [-0.3, -0.25) is 0 Å². The van der Waals surface area contributed by atoms with Crippen LogP contribution < -0.4 is 20.6 Å². The Bertz CT molecular complexity index is 3370. The van der Waals surface area contributed by atoms with E-state index in [-0.39, 0.29) is 17.7 Å². The van der Waals surface area contributed by atoms with Crippen LogP contribution in [0.25, 0.3) is 55.3 Å². The van der Waals surface area contributed by atoms with Crippen molar-refractivity contribution in [2.75, 3.05) is 9.71 Å². The van der Waals surface area contributed by atoms with Crippen molar-refractivity contribution in [1.29, 1.82) is 0 Å². The summed E-state index contributed by atoms with van der Waals surface area (Å²) in [5.74, 6) is 0. The molecular weight excluding hydrogens is 771 g/mol. The Morgan fingerprint density at radius 1 is 0.469 bits per heavy atom. The summed E-state index contributed by atoms with van der Waals surface area (Å²) >= 11 is 0. The molecule has 0 bridgehead atoms. The number of rotatable bonds is 4. The largest absolute Gasteiger partial charge is 0.376 e. The van der Waals surface area contributed by atoms with E-state index < -0.39 is 0 Å². The van der Waals surface area contributed by atoms with Gasteiger partial charge in [-0.1, -0.05) is 168 Å². The number of hydrogen-bond acceptors (Lipinski definition) is 2. The third kappa shape index (κ3) is 5.66. The quantitative estimate of drug-likeness (QED) is 0.163. The highest BCUT2D eigenvalue weighted by Gasteiger charge is 2.48. The first-order chi connectivity index (χ1) is 31.0. The Balaban J connectivity index is 1.23. The molecule has 1 aliphatic carbocycles. The van der Waals surface area contributed by atoms with Gasteiger partial charge >= 0.3 is 6.85 Å². The molecule has 2 aliphatic heterocycles. The lowest BCUT2D eigenvalue weighted by atomic mass is 9.43. The Morgan fingerprint density at radius 2 is 1.17 bits per heavy atom. The molecule has 0 saturated carbocycles. The molecule has 9 aromatic rings. The van der Waals surface area contributed by atoms with Gasteiger partial charge in [0, 0.05) is 39.4 Å². The monoisotopic (exact) mass is 822 g/mol. The number of anilines is 5. The van der Waals surface area contributed by atoms with Crippen LogP contribution in [0.4, 0.5) is 28.4 Å². The zero-order valence-electron chi connectivity index (χ0n) is 37.8. The van der Waals surface area contributed by atoms with E-state index in [1.807, 2.05) is 0 Å². The number of hydrogen-bond donors (Lipinski definition) is 0. The molecule has 3 aliphatic rings. The first-order valence-corrected chi connectivity index (χ1v) is 22.9. The van der Waals surface area contributed by atoms with Crippen LogP contribution in [-0.4, -0.2) is 6.85 Å². The number of fused-ring (bicyclic) bond motifs is 9. The third-order valence-corrected chi connectivity index (χ3v) is 14.6. The van der Waals surface area contributed by atoms with E-state index in [0.29, 0.717) is 0 Å². The SMILES string of the molecule is Cc1ccccc1-c1cc2c3c(c1)N(c1ccc(-c4ccccc4)cc1C)c1cc4c(cc1B3N(c1ccc(C(C)(C)C)cc1)c1ccc3ccccc3c1-2)-c1ccccc1C4(C)C. The van der Waals surface area contributed by atoms with Crippen molar-refractivity contribution < 1.29 is 0 Å². The normalized spacial score (nSPS) is 14.2. The Labute approximate surface area is 378 Å². The number of nitrogens with zero attached hydrogens (tertiary/aromatic N) is 2.